The zero-order valence-corrected chi connectivity index (χ0v) is 17.6. The molecule has 0 radical (unpaired) electrons. The number of allylic oxidation sites excluding steroid dienone is 1. The average Bonchev–Trinajstić information content (AvgIpc) is 2.61. The van der Waals surface area contributed by atoms with Crippen LogP contribution in [0.15, 0.2) is 54.2 Å². The van der Waals surface area contributed by atoms with Gasteiger partial charge < -0.3 is 10.6 Å². The van der Waals surface area contributed by atoms with E-state index in [1.54, 1.807) is 30.3 Å². The molecule has 0 saturated carbocycles. The van der Waals surface area contributed by atoms with Crippen LogP contribution in [-0.4, -0.2) is 12.3 Å². The fourth-order valence-corrected chi connectivity index (χ4v) is 3.24. The molecule has 1 atom stereocenters. The highest BCUT2D eigenvalue weighted by atomic mass is 35.5. The normalized spacial score (nSPS) is 13.0. The highest BCUT2D eigenvalue weighted by Crippen LogP contribution is 2.28. The Bertz CT molecular complexity index is 859. The second kappa shape index (κ2) is 9.76. The SMILES string of the molecule is CC(C)(C)CC(=Cc1ccc(Cl)cc1Cl)NC(=O)C(NC=O)c1ccccc1. The predicted molar refractivity (Wildman–Crippen MR) is 115 cm³/mol. The van der Waals surface area contributed by atoms with E-state index in [0.29, 0.717) is 34.1 Å². The molecule has 0 saturated heterocycles. The molecule has 4 nitrogen and oxygen atoms in total. The van der Waals surface area contributed by atoms with Gasteiger partial charge in [0.05, 0.1) is 0 Å². The first-order chi connectivity index (χ1) is 13.2. The lowest BCUT2D eigenvalue weighted by molar-refractivity contribution is -0.125. The summed E-state index contributed by atoms with van der Waals surface area (Å²) in [4.78, 5) is 24.0. The maximum atomic E-state index is 12.9. The number of hydrogen-bond acceptors (Lipinski definition) is 2. The van der Waals surface area contributed by atoms with Crippen LogP contribution in [0, 0.1) is 5.41 Å². The third-order valence-corrected chi connectivity index (χ3v) is 4.49. The van der Waals surface area contributed by atoms with Crippen molar-refractivity contribution in [2.24, 2.45) is 5.41 Å². The van der Waals surface area contributed by atoms with Crippen molar-refractivity contribution in [3.63, 3.8) is 0 Å². The molecule has 2 amide bonds. The van der Waals surface area contributed by atoms with Gasteiger partial charge in [0.2, 0.25) is 6.41 Å². The second-order valence-electron chi connectivity index (χ2n) is 7.69. The Morgan fingerprint density at radius 3 is 2.36 bits per heavy atom. The molecule has 2 aromatic rings. The Morgan fingerprint density at radius 2 is 1.79 bits per heavy atom. The molecule has 0 fully saturated rings. The van der Waals surface area contributed by atoms with E-state index in [-0.39, 0.29) is 11.3 Å². The Hall–Kier alpha value is -2.30. The number of benzene rings is 2. The maximum Gasteiger partial charge on any atom is 0.251 e. The number of nitrogens with one attached hydrogen (secondary N) is 2. The Kier molecular flexibility index (Phi) is 7.67. The number of amides is 2. The molecule has 148 valence electrons. The summed E-state index contributed by atoms with van der Waals surface area (Å²) in [6.45, 7) is 6.23. The van der Waals surface area contributed by atoms with Gasteiger partial charge in [-0.1, -0.05) is 80.4 Å². The third kappa shape index (κ3) is 6.70. The Labute approximate surface area is 175 Å². The molecule has 0 heterocycles. The third-order valence-electron chi connectivity index (χ3n) is 3.93. The van der Waals surface area contributed by atoms with E-state index in [1.807, 2.05) is 24.3 Å². The molecule has 6 heteroatoms. The highest BCUT2D eigenvalue weighted by Gasteiger charge is 2.22. The summed E-state index contributed by atoms with van der Waals surface area (Å²) in [7, 11) is 0. The van der Waals surface area contributed by atoms with E-state index in [1.165, 1.54) is 0 Å². The Morgan fingerprint density at radius 1 is 1.11 bits per heavy atom. The summed E-state index contributed by atoms with van der Waals surface area (Å²) in [5.41, 5.74) is 2.09. The first-order valence-electron chi connectivity index (χ1n) is 8.91. The molecule has 0 spiro atoms. The summed E-state index contributed by atoms with van der Waals surface area (Å²) >= 11 is 12.3. The van der Waals surface area contributed by atoms with Crippen molar-refractivity contribution in [3.05, 3.63) is 75.4 Å². The van der Waals surface area contributed by atoms with Gasteiger partial charge in [0.25, 0.3) is 5.91 Å². The summed E-state index contributed by atoms with van der Waals surface area (Å²) in [6.07, 6.45) is 2.98. The van der Waals surface area contributed by atoms with Gasteiger partial charge in [-0.15, -0.1) is 0 Å². The van der Waals surface area contributed by atoms with Crippen molar-refractivity contribution in [3.8, 4) is 0 Å². The quantitative estimate of drug-likeness (QED) is 0.593. The zero-order chi connectivity index (χ0) is 20.7. The molecule has 2 aromatic carbocycles. The highest BCUT2D eigenvalue weighted by molar-refractivity contribution is 6.35. The van der Waals surface area contributed by atoms with Crippen molar-refractivity contribution < 1.29 is 9.59 Å². The van der Waals surface area contributed by atoms with Crippen molar-refractivity contribution in [1.29, 1.82) is 0 Å². The van der Waals surface area contributed by atoms with Crippen LogP contribution in [0.5, 0.6) is 0 Å². The van der Waals surface area contributed by atoms with E-state index in [2.05, 4.69) is 31.4 Å². The average molecular weight is 419 g/mol. The van der Waals surface area contributed by atoms with Gasteiger partial charge in [0.1, 0.15) is 6.04 Å². The predicted octanol–water partition coefficient (Wildman–Crippen LogP) is 5.37. The topological polar surface area (TPSA) is 58.2 Å². The Balaban J connectivity index is 2.34. The van der Waals surface area contributed by atoms with Gasteiger partial charge in [-0.25, -0.2) is 0 Å². The lowest BCUT2D eigenvalue weighted by atomic mass is 9.89. The standard InChI is InChI=1S/C22H24Cl2N2O2/c1-22(2,3)13-18(11-16-9-10-17(23)12-19(16)24)26-21(28)20(25-14-27)15-7-5-4-6-8-15/h4-12,14,20H,13H2,1-3H3,(H,25,27)(H,26,28). The molecule has 28 heavy (non-hydrogen) atoms. The van der Waals surface area contributed by atoms with Crippen LogP contribution >= 0.6 is 23.2 Å². The van der Waals surface area contributed by atoms with E-state index < -0.39 is 6.04 Å². The minimum atomic E-state index is -0.789. The summed E-state index contributed by atoms with van der Waals surface area (Å²) in [5.74, 6) is -0.320. The first kappa shape index (κ1) is 22.0. The van der Waals surface area contributed by atoms with Gasteiger partial charge in [-0.3, -0.25) is 9.59 Å². The molecule has 2 N–H and O–H groups in total. The van der Waals surface area contributed by atoms with Crippen LogP contribution in [0.1, 0.15) is 44.4 Å². The first-order valence-corrected chi connectivity index (χ1v) is 9.66. The number of carbonyl (C=O) groups excluding carboxylic acids is 2. The molecule has 1 unspecified atom stereocenters. The molecule has 0 aromatic heterocycles. The van der Waals surface area contributed by atoms with E-state index in [0.717, 1.165) is 5.56 Å². The minimum absolute atomic E-state index is 0.0711. The van der Waals surface area contributed by atoms with Gasteiger partial charge in [0, 0.05) is 15.7 Å². The van der Waals surface area contributed by atoms with Gasteiger partial charge in [0.15, 0.2) is 0 Å². The van der Waals surface area contributed by atoms with Crippen molar-refractivity contribution in [2.75, 3.05) is 0 Å². The van der Waals surface area contributed by atoms with Gasteiger partial charge >= 0.3 is 0 Å². The van der Waals surface area contributed by atoms with Crippen LogP contribution in [0.2, 0.25) is 10.0 Å². The zero-order valence-electron chi connectivity index (χ0n) is 16.1. The van der Waals surface area contributed by atoms with Crippen molar-refractivity contribution in [2.45, 2.75) is 33.2 Å². The molecule has 0 aliphatic carbocycles. The van der Waals surface area contributed by atoms with Crippen molar-refractivity contribution >= 4 is 41.6 Å². The van der Waals surface area contributed by atoms with Crippen LogP contribution in [-0.2, 0) is 9.59 Å². The number of hydrogen-bond donors (Lipinski definition) is 2. The lowest BCUT2D eigenvalue weighted by Gasteiger charge is -2.23. The monoisotopic (exact) mass is 418 g/mol. The number of carbonyl (C=O) groups is 2. The van der Waals surface area contributed by atoms with E-state index in [4.69, 9.17) is 23.2 Å². The second-order valence-corrected chi connectivity index (χ2v) is 8.53. The summed E-state index contributed by atoms with van der Waals surface area (Å²) in [5, 5.41) is 6.59. The molecule has 2 rings (SSSR count). The van der Waals surface area contributed by atoms with Crippen molar-refractivity contribution in [1.82, 2.24) is 10.6 Å². The lowest BCUT2D eigenvalue weighted by Crippen LogP contribution is -2.37. The van der Waals surface area contributed by atoms with E-state index >= 15 is 0 Å². The van der Waals surface area contributed by atoms with Gasteiger partial charge in [-0.05, 0) is 41.2 Å². The molecular weight excluding hydrogens is 395 g/mol. The van der Waals surface area contributed by atoms with E-state index in [9.17, 15) is 9.59 Å². The van der Waals surface area contributed by atoms with Crippen LogP contribution in [0.3, 0.4) is 0 Å². The molecule has 0 aliphatic rings. The fourth-order valence-electron chi connectivity index (χ4n) is 2.78. The largest absolute Gasteiger partial charge is 0.343 e. The summed E-state index contributed by atoms with van der Waals surface area (Å²) in [6, 6.07) is 13.5. The summed E-state index contributed by atoms with van der Waals surface area (Å²) < 4.78 is 0. The fraction of sp³-hybridized carbons (Fsp3) is 0.273. The molecule has 0 aliphatic heterocycles. The van der Waals surface area contributed by atoms with Gasteiger partial charge in [-0.2, -0.15) is 0 Å². The minimum Gasteiger partial charge on any atom is -0.343 e. The smallest absolute Gasteiger partial charge is 0.251 e. The molecule has 0 bridgehead atoms. The maximum absolute atomic E-state index is 12.9. The number of rotatable bonds is 7. The number of halogens is 2. The van der Waals surface area contributed by atoms with Crippen LogP contribution in [0.4, 0.5) is 0 Å². The van der Waals surface area contributed by atoms with Crippen LogP contribution < -0.4 is 10.6 Å². The molecular formula is C22H24Cl2N2O2. The van der Waals surface area contributed by atoms with Crippen LogP contribution in [0.25, 0.3) is 6.08 Å².